The van der Waals surface area contributed by atoms with Crippen molar-refractivity contribution in [2.75, 3.05) is 6.54 Å². The second-order valence-electron chi connectivity index (χ2n) is 4.91. The van der Waals surface area contributed by atoms with Gasteiger partial charge in [-0.2, -0.15) is 0 Å². The Labute approximate surface area is 115 Å². The van der Waals surface area contributed by atoms with Gasteiger partial charge in [-0.15, -0.1) is 0 Å². The first-order valence-corrected chi connectivity index (χ1v) is 6.51. The van der Waals surface area contributed by atoms with Gasteiger partial charge in [-0.05, 0) is 19.3 Å². The first-order chi connectivity index (χ1) is 9.63. The molecule has 2 unspecified atom stereocenters. The van der Waals surface area contributed by atoms with Crippen molar-refractivity contribution >= 4 is 18.0 Å². The van der Waals surface area contributed by atoms with Crippen molar-refractivity contribution in [3.8, 4) is 0 Å². The molecule has 5 N–H and O–H groups in total. The van der Waals surface area contributed by atoms with Crippen LogP contribution < -0.4 is 26.8 Å². The van der Waals surface area contributed by atoms with Crippen molar-refractivity contribution in [1.29, 1.82) is 0 Å². The van der Waals surface area contributed by atoms with E-state index in [0.717, 1.165) is 25.0 Å². The summed E-state index contributed by atoms with van der Waals surface area (Å²) < 4.78 is 0. The van der Waals surface area contributed by atoms with E-state index in [2.05, 4.69) is 26.8 Å². The Morgan fingerprint density at radius 1 is 1.35 bits per heavy atom. The third-order valence-electron chi connectivity index (χ3n) is 3.47. The van der Waals surface area contributed by atoms with Gasteiger partial charge in [-0.25, -0.2) is 9.59 Å². The average molecular weight is 280 g/mol. The lowest BCUT2D eigenvalue weighted by Gasteiger charge is -2.20. The molecule has 2 fully saturated rings. The lowest BCUT2D eigenvalue weighted by molar-refractivity contribution is -0.122. The topological polar surface area (TPSA) is 115 Å². The first-order valence-electron chi connectivity index (χ1n) is 6.51. The van der Waals surface area contributed by atoms with Gasteiger partial charge < -0.3 is 21.4 Å². The number of carbonyl (C=O) groups excluding carboxylic acids is 3. The average Bonchev–Trinajstić information content (AvgIpc) is 3.07. The van der Waals surface area contributed by atoms with E-state index in [9.17, 15) is 14.4 Å². The molecule has 2 saturated heterocycles. The molecule has 5 amide bonds. The number of urea groups is 2. The van der Waals surface area contributed by atoms with Gasteiger partial charge in [0.1, 0.15) is 18.9 Å². The summed E-state index contributed by atoms with van der Waals surface area (Å²) in [5, 5.41) is 7.71. The fourth-order valence-corrected chi connectivity index (χ4v) is 2.49. The Morgan fingerprint density at radius 3 is 2.95 bits per heavy atom. The number of rotatable bonds is 4. The molecule has 0 aromatic carbocycles. The molecule has 1 aliphatic carbocycles. The van der Waals surface area contributed by atoms with Crippen LogP contribution in [-0.2, 0) is 4.79 Å². The molecular formula is C11H16N6O3. The van der Waals surface area contributed by atoms with Crippen LogP contribution in [0.5, 0.6) is 0 Å². The molecule has 2 heterocycles. The number of amides is 5. The predicted molar refractivity (Wildman–Crippen MR) is 67.7 cm³/mol. The van der Waals surface area contributed by atoms with E-state index in [1.165, 1.54) is 4.90 Å². The largest absolute Gasteiger partial charge is 0.321 e. The van der Waals surface area contributed by atoms with Crippen LogP contribution in [0.3, 0.4) is 0 Å². The molecule has 0 aromatic rings. The van der Waals surface area contributed by atoms with Crippen LogP contribution in [0.25, 0.3) is 0 Å². The number of nitrogens with one attached hydrogen (secondary N) is 5. The number of allylic oxidation sites excluding steroid dienone is 2. The summed E-state index contributed by atoms with van der Waals surface area (Å²) in [6, 6.07) is -0.748. The molecule has 2 atom stereocenters. The Balaban J connectivity index is 1.52. The minimum atomic E-state index is -0.536. The maximum absolute atomic E-state index is 11.8. The molecule has 0 saturated carbocycles. The Bertz CT molecular complexity index is 491. The lowest BCUT2D eigenvalue weighted by atomic mass is 10.3. The summed E-state index contributed by atoms with van der Waals surface area (Å²) >= 11 is 0. The summed E-state index contributed by atoms with van der Waals surface area (Å²) in [7, 11) is 0. The maximum atomic E-state index is 11.8. The molecule has 3 aliphatic rings. The lowest BCUT2D eigenvalue weighted by Crippen LogP contribution is -2.50. The van der Waals surface area contributed by atoms with Gasteiger partial charge in [-0.1, -0.05) is 6.08 Å². The zero-order chi connectivity index (χ0) is 14.1. The summed E-state index contributed by atoms with van der Waals surface area (Å²) in [5.41, 5.74) is 6.37. The molecular weight excluding hydrogens is 264 g/mol. The highest BCUT2D eigenvalue weighted by molar-refractivity contribution is 5.88. The minimum Gasteiger partial charge on any atom is -0.314 e. The van der Waals surface area contributed by atoms with Gasteiger partial charge in [0, 0.05) is 5.70 Å². The highest BCUT2D eigenvalue weighted by Gasteiger charge is 2.45. The van der Waals surface area contributed by atoms with E-state index >= 15 is 0 Å². The second-order valence-corrected chi connectivity index (χ2v) is 4.91. The smallest absolute Gasteiger partial charge is 0.314 e. The molecule has 0 bridgehead atoms. The zero-order valence-corrected chi connectivity index (χ0v) is 10.7. The van der Waals surface area contributed by atoms with E-state index in [1.54, 1.807) is 0 Å². The van der Waals surface area contributed by atoms with Crippen LogP contribution in [0.1, 0.15) is 19.3 Å². The molecule has 2 aliphatic heterocycles. The molecule has 0 radical (unpaired) electrons. The molecule has 0 spiro atoms. The predicted octanol–water partition coefficient (Wildman–Crippen LogP) is -1.33. The van der Waals surface area contributed by atoms with Crippen molar-refractivity contribution in [3.05, 3.63) is 11.8 Å². The number of hydrogen-bond donors (Lipinski definition) is 5. The van der Waals surface area contributed by atoms with Gasteiger partial charge in [0.15, 0.2) is 0 Å². The van der Waals surface area contributed by atoms with Crippen molar-refractivity contribution in [1.82, 2.24) is 31.7 Å². The number of fused-ring (bicyclic) bond motifs is 1. The van der Waals surface area contributed by atoms with E-state index in [4.69, 9.17) is 0 Å². The van der Waals surface area contributed by atoms with Crippen molar-refractivity contribution in [2.45, 2.75) is 31.6 Å². The van der Waals surface area contributed by atoms with Crippen LogP contribution in [0, 0.1) is 0 Å². The Hall–Kier alpha value is -2.45. The van der Waals surface area contributed by atoms with Crippen LogP contribution >= 0.6 is 0 Å². The van der Waals surface area contributed by atoms with Crippen molar-refractivity contribution in [3.63, 3.8) is 0 Å². The standard InChI is InChI=1S/C11H16N6O3/c18-7(16-15-6-3-1-2-4-6)5-17-9-8(13-11(17)20)12-10(19)14-9/h3,8-9,15H,1-2,4-5H2,(H,13,20)(H,16,18)(H2,12,14,19). The SMILES string of the molecule is O=C(CN1C(=O)NC2NC(=O)NC21)NNC1=CCCC1. The highest BCUT2D eigenvalue weighted by atomic mass is 16.2. The molecule has 0 aromatic heterocycles. The molecule has 20 heavy (non-hydrogen) atoms. The van der Waals surface area contributed by atoms with Gasteiger partial charge in [0.2, 0.25) is 0 Å². The quantitative estimate of drug-likeness (QED) is 0.410. The summed E-state index contributed by atoms with van der Waals surface area (Å²) in [4.78, 5) is 36.0. The molecule has 3 rings (SSSR count). The number of nitrogens with zero attached hydrogens (tertiary/aromatic N) is 1. The van der Waals surface area contributed by atoms with Crippen LogP contribution in [0.4, 0.5) is 9.59 Å². The van der Waals surface area contributed by atoms with Gasteiger partial charge in [-0.3, -0.25) is 15.1 Å². The second kappa shape index (κ2) is 4.91. The third kappa shape index (κ3) is 2.33. The van der Waals surface area contributed by atoms with Gasteiger partial charge in [0.05, 0.1) is 0 Å². The number of carbonyl (C=O) groups is 3. The summed E-state index contributed by atoms with van der Waals surface area (Å²) in [6.07, 6.45) is 4.00. The highest BCUT2D eigenvalue weighted by Crippen LogP contribution is 2.14. The van der Waals surface area contributed by atoms with Crippen LogP contribution in [0.15, 0.2) is 11.8 Å². The fraction of sp³-hybridized carbons (Fsp3) is 0.545. The number of hydrogen-bond acceptors (Lipinski definition) is 4. The molecule has 108 valence electrons. The molecule has 9 heteroatoms. The van der Waals surface area contributed by atoms with Gasteiger partial charge >= 0.3 is 12.1 Å². The van der Waals surface area contributed by atoms with E-state index in [-0.39, 0.29) is 24.5 Å². The number of hydrazine groups is 1. The van der Waals surface area contributed by atoms with Crippen molar-refractivity contribution < 1.29 is 14.4 Å². The van der Waals surface area contributed by atoms with Crippen LogP contribution in [-0.4, -0.2) is 41.7 Å². The first kappa shape index (κ1) is 12.6. The summed E-state index contributed by atoms with van der Waals surface area (Å²) in [6.45, 7) is -0.130. The van der Waals surface area contributed by atoms with E-state index in [0.29, 0.717) is 0 Å². The fourth-order valence-electron chi connectivity index (χ4n) is 2.49. The Morgan fingerprint density at radius 2 is 2.20 bits per heavy atom. The monoisotopic (exact) mass is 280 g/mol. The Kier molecular flexibility index (Phi) is 3.09. The molecule has 9 nitrogen and oxygen atoms in total. The third-order valence-corrected chi connectivity index (χ3v) is 3.47. The maximum Gasteiger partial charge on any atom is 0.321 e. The summed E-state index contributed by atoms with van der Waals surface area (Å²) in [5.74, 6) is -0.338. The minimum absolute atomic E-state index is 0.130. The van der Waals surface area contributed by atoms with E-state index in [1.807, 2.05) is 6.08 Å². The van der Waals surface area contributed by atoms with Crippen LogP contribution in [0.2, 0.25) is 0 Å². The zero-order valence-electron chi connectivity index (χ0n) is 10.7. The van der Waals surface area contributed by atoms with Gasteiger partial charge in [0.25, 0.3) is 5.91 Å². The normalized spacial score (nSPS) is 27.4. The van der Waals surface area contributed by atoms with E-state index < -0.39 is 12.3 Å². The van der Waals surface area contributed by atoms with Crippen molar-refractivity contribution in [2.24, 2.45) is 0 Å².